The predicted molar refractivity (Wildman–Crippen MR) is 202 cm³/mol. The summed E-state index contributed by atoms with van der Waals surface area (Å²) in [7, 11) is 0. The molecular weight excluding hydrogens is 565 g/mol. The molecule has 0 heteroatoms. The lowest BCUT2D eigenvalue weighted by Gasteiger charge is -2.23. The lowest BCUT2D eigenvalue weighted by Crippen LogP contribution is -2.15. The van der Waals surface area contributed by atoms with E-state index in [0.717, 1.165) is 0 Å². The molecule has 0 saturated heterocycles. The van der Waals surface area contributed by atoms with Crippen LogP contribution >= 0.6 is 0 Å². The molecule has 1 aliphatic rings. The Kier molecular flexibility index (Phi) is 5.44. The van der Waals surface area contributed by atoms with Gasteiger partial charge in [-0.1, -0.05) is 159 Å². The molecule has 0 aliphatic heterocycles. The molecular formula is C47H32. The number of rotatable bonds is 3. The summed E-state index contributed by atoms with van der Waals surface area (Å²) in [5, 5.41) is 10.5. The van der Waals surface area contributed by atoms with Crippen LogP contribution in [0.5, 0.6) is 0 Å². The maximum Gasteiger partial charge on any atom is 0.0165 e. The van der Waals surface area contributed by atoms with Crippen molar-refractivity contribution in [3.8, 4) is 44.5 Å². The minimum Gasteiger partial charge on any atom is -0.0622 e. The molecule has 0 saturated carbocycles. The molecule has 0 heterocycles. The molecule has 0 fully saturated rings. The van der Waals surface area contributed by atoms with Gasteiger partial charge in [0.1, 0.15) is 0 Å². The molecule has 0 aromatic heterocycles. The number of hydrogen-bond acceptors (Lipinski definition) is 0. The standard InChI is InChI=1S/C47H32/c1-47(2)43-14-7-6-13-39(43)41-26-21-35-27-33(19-22-36(35)46(41)47)34-20-24-38(42(28-34)29-9-4-3-5-10-29)37-23-17-32-16-15-30-11-8-12-31-18-25-40(37)45(32)44(30)31/h3-28H,1-2H3. The first-order valence-electron chi connectivity index (χ1n) is 16.6. The first kappa shape index (κ1) is 26.5. The fourth-order valence-corrected chi connectivity index (χ4v) is 8.59. The van der Waals surface area contributed by atoms with Crippen molar-refractivity contribution in [3.63, 3.8) is 0 Å². The molecule has 0 atom stereocenters. The minimum atomic E-state index is -0.0320. The first-order chi connectivity index (χ1) is 23.1. The smallest absolute Gasteiger partial charge is 0.0165 e. The first-order valence-corrected chi connectivity index (χ1v) is 16.6. The average Bonchev–Trinajstić information content (AvgIpc) is 3.37. The molecule has 0 nitrogen and oxygen atoms in total. The second-order valence-electron chi connectivity index (χ2n) is 13.7. The van der Waals surface area contributed by atoms with E-state index in [1.165, 1.54) is 98.7 Å². The van der Waals surface area contributed by atoms with E-state index in [1.54, 1.807) is 0 Å². The second kappa shape index (κ2) is 9.64. The molecule has 0 N–H and O–H groups in total. The van der Waals surface area contributed by atoms with Gasteiger partial charge in [0.25, 0.3) is 0 Å². The van der Waals surface area contributed by atoms with Crippen molar-refractivity contribution in [2.75, 3.05) is 0 Å². The summed E-state index contributed by atoms with van der Waals surface area (Å²) in [5.41, 5.74) is 13.1. The average molecular weight is 597 g/mol. The minimum absolute atomic E-state index is 0.0320. The summed E-state index contributed by atoms with van der Waals surface area (Å²) in [4.78, 5) is 0. The third kappa shape index (κ3) is 3.76. The van der Waals surface area contributed by atoms with Crippen molar-refractivity contribution in [3.05, 3.63) is 169 Å². The largest absolute Gasteiger partial charge is 0.0622 e. The van der Waals surface area contributed by atoms with Gasteiger partial charge in [-0.2, -0.15) is 0 Å². The normalized spacial score (nSPS) is 13.5. The summed E-state index contributed by atoms with van der Waals surface area (Å²) in [5.74, 6) is 0. The fourth-order valence-electron chi connectivity index (χ4n) is 8.59. The highest BCUT2D eigenvalue weighted by Crippen LogP contribution is 2.51. The molecule has 1 aliphatic carbocycles. The molecule has 0 unspecified atom stereocenters. The van der Waals surface area contributed by atoms with E-state index in [9.17, 15) is 0 Å². The Morgan fingerprint density at radius 3 is 1.81 bits per heavy atom. The Hall–Kier alpha value is -5.72. The van der Waals surface area contributed by atoms with Crippen LogP contribution in [-0.4, -0.2) is 0 Å². The highest BCUT2D eigenvalue weighted by atomic mass is 14.4. The zero-order valence-electron chi connectivity index (χ0n) is 26.5. The number of hydrogen-bond donors (Lipinski definition) is 0. The lowest BCUT2D eigenvalue weighted by molar-refractivity contribution is 0.666. The van der Waals surface area contributed by atoms with E-state index in [0.29, 0.717) is 0 Å². The van der Waals surface area contributed by atoms with Crippen LogP contribution in [0.2, 0.25) is 0 Å². The summed E-state index contributed by atoms with van der Waals surface area (Å²) in [6, 6.07) is 58.9. The van der Waals surface area contributed by atoms with E-state index in [-0.39, 0.29) is 5.41 Å². The van der Waals surface area contributed by atoms with Gasteiger partial charge in [-0.15, -0.1) is 0 Å². The summed E-state index contributed by atoms with van der Waals surface area (Å²) < 4.78 is 0. The fraction of sp³-hybridized carbons (Fsp3) is 0.0638. The third-order valence-electron chi connectivity index (χ3n) is 10.8. The molecule has 9 aromatic carbocycles. The van der Waals surface area contributed by atoms with Gasteiger partial charge in [0.2, 0.25) is 0 Å². The van der Waals surface area contributed by atoms with Crippen molar-refractivity contribution in [2.24, 2.45) is 0 Å². The highest BCUT2D eigenvalue weighted by molar-refractivity contribution is 6.25. The second-order valence-corrected chi connectivity index (χ2v) is 13.7. The van der Waals surface area contributed by atoms with E-state index >= 15 is 0 Å². The lowest BCUT2D eigenvalue weighted by atomic mass is 9.80. The van der Waals surface area contributed by atoms with Crippen LogP contribution in [0.3, 0.4) is 0 Å². The van der Waals surface area contributed by atoms with Crippen LogP contribution < -0.4 is 0 Å². The van der Waals surface area contributed by atoms with Crippen molar-refractivity contribution < 1.29 is 0 Å². The zero-order valence-corrected chi connectivity index (χ0v) is 26.5. The van der Waals surface area contributed by atoms with E-state index in [1.807, 2.05) is 0 Å². The summed E-state index contributed by atoms with van der Waals surface area (Å²) in [6.07, 6.45) is 0. The number of fused-ring (bicyclic) bond motifs is 5. The zero-order chi connectivity index (χ0) is 31.3. The molecule has 0 spiro atoms. The predicted octanol–water partition coefficient (Wildman–Crippen LogP) is 13.0. The third-order valence-corrected chi connectivity index (χ3v) is 10.8. The molecule has 10 rings (SSSR count). The summed E-state index contributed by atoms with van der Waals surface area (Å²) >= 11 is 0. The van der Waals surface area contributed by atoms with Crippen LogP contribution in [0.15, 0.2) is 158 Å². The van der Waals surface area contributed by atoms with Gasteiger partial charge >= 0.3 is 0 Å². The van der Waals surface area contributed by atoms with Gasteiger partial charge in [0, 0.05) is 5.41 Å². The molecule has 9 aromatic rings. The molecule has 0 radical (unpaired) electrons. The number of benzene rings is 9. The Labute approximate surface area is 274 Å². The van der Waals surface area contributed by atoms with Crippen LogP contribution in [0.25, 0.3) is 87.6 Å². The quantitative estimate of drug-likeness (QED) is 0.178. The summed E-state index contributed by atoms with van der Waals surface area (Å²) in [6.45, 7) is 4.74. The Bertz CT molecular complexity index is 2670. The highest BCUT2D eigenvalue weighted by Gasteiger charge is 2.36. The Balaban J connectivity index is 1.16. The van der Waals surface area contributed by atoms with Crippen molar-refractivity contribution in [1.82, 2.24) is 0 Å². The molecule has 0 bridgehead atoms. The van der Waals surface area contributed by atoms with E-state index < -0.39 is 0 Å². The van der Waals surface area contributed by atoms with Crippen LogP contribution in [0.4, 0.5) is 0 Å². The topological polar surface area (TPSA) is 0 Å². The SMILES string of the molecule is CC1(C)c2ccccc2-c2ccc3cc(-c4ccc(-c5ccc6ccc7cccc8ccc5c6c78)c(-c5ccccc5)c4)ccc3c21. The molecule has 0 amide bonds. The van der Waals surface area contributed by atoms with Crippen LogP contribution in [-0.2, 0) is 5.41 Å². The van der Waals surface area contributed by atoms with E-state index in [4.69, 9.17) is 0 Å². The van der Waals surface area contributed by atoms with Crippen molar-refractivity contribution in [1.29, 1.82) is 0 Å². The van der Waals surface area contributed by atoms with Gasteiger partial charge in [-0.25, -0.2) is 0 Å². The van der Waals surface area contributed by atoms with E-state index in [2.05, 4.69) is 172 Å². The Morgan fingerprint density at radius 2 is 0.957 bits per heavy atom. The van der Waals surface area contributed by atoms with Crippen molar-refractivity contribution >= 4 is 43.1 Å². The van der Waals surface area contributed by atoms with Gasteiger partial charge in [0.05, 0.1) is 0 Å². The van der Waals surface area contributed by atoms with Gasteiger partial charge in [-0.3, -0.25) is 0 Å². The monoisotopic (exact) mass is 596 g/mol. The maximum absolute atomic E-state index is 2.40. The maximum atomic E-state index is 2.40. The van der Waals surface area contributed by atoms with Crippen LogP contribution in [0, 0.1) is 0 Å². The van der Waals surface area contributed by atoms with Crippen molar-refractivity contribution in [2.45, 2.75) is 19.3 Å². The molecule has 47 heavy (non-hydrogen) atoms. The van der Waals surface area contributed by atoms with Gasteiger partial charge in [-0.05, 0) is 111 Å². The van der Waals surface area contributed by atoms with Crippen LogP contribution in [0.1, 0.15) is 25.0 Å². The van der Waals surface area contributed by atoms with Gasteiger partial charge in [0.15, 0.2) is 0 Å². The molecule has 220 valence electrons. The van der Waals surface area contributed by atoms with Gasteiger partial charge < -0.3 is 0 Å². The Morgan fingerprint density at radius 1 is 0.340 bits per heavy atom.